The van der Waals surface area contributed by atoms with Gasteiger partial charge in [-0.3, -0.25) is 4.68 Å². The molecule has 2 unspecified atom stereocenters. The second-order valence-electron chi connectivity index (χ2n) is 5.92. The van der Waals surface area contributed by atoms with E-state index < -0.39 is 0 Å². The predicted molar refractivity (Wildman–Crippen MR) is 81.6 cm³/mol. The van der Waals surface area contributed by atoms with Crippen LogP contribution in [0.5, 0.6) is 0 Å². The van der Waals surface area contributed by atoms with Gasteiger partial charge < -0.3 is 10.4 Å². The fourth-order valence-electron chi connectivity index (χ4n) is 3.52. The Morgan fingerprint density at radius 2 is 2.00 bits per heavy atom. The molecule has 0 saturated heterocycles. The molecule has 1 aliphatic carbocycles. The number of aryl methyl sites for hydroxylation is 2. The first-order chi connectivity index (χ1) is 9.71. The van der Waals surface area contributed by atoms with Crippen molar-refractivity contribution in [1.29, 1.82) is 0 Å². The lowest BCUT2D eigenvalue weighted by molar-refractivity contribution is 0.152. The zero-order valence-corrected chi connectivity index (χ0v) is 13.2. The third kappa shape index (κ3) is 3.23. The molecule has 4 nitrogen and oxygen atoms in total. The first-order valence-corrected chi connectivity index (χ1v) is 8.09. The van der Waals surface area contributed by atoms with Crippen molar-refractivity contribution in [3.05, 3.63) is 17.0 Å². The van der Waals surface area contributed by atoms with Gasteiger partial charge in [-0.25, -0.2) is 0 Å². The van der Waals surface area contributed by atoms with Gasteiger partial charge in [-0.2, -0.15) is 5.10 Å². The molecule has 1 aromatic rings. The first kappa shape index (κ1) is 15.5. The van der Waals surface area contributed by atoms with Crippen LogP contribution in [-0.4, -0.2) is 27.5 Å². The predicted octanol–water partition coefficient (Wildman–Crippen LogP) is 2.19. The summed E-state index contributed by atoms with van der Waals surface area (Å²) in [6.07, 6.45) is 6.89. The summed E-state index contributed by atoms with van der Waals surface area (Å²) in [4.78, 5) is 0. The number of hydrogen-bond acceptors (Lipinski definition) is 3. The Hall–Kier alpha value is -0.870. The van der Waals surface area contributed by atoms with E-state index in [4.69, 9.17) is 0 Å². The summed E-state index contributed by atoms with van der Waals surface area (Å²) in [6.45, 7) is 5.56. The van der Waals surface area contributed by atoms with Gasteiger partial charge in [0.05, 0.1) is 5.69 Å². The van der Waals surface area contributed by atoms with Crippen molar-refractivity contribution in [2.24, 2.45) is 13.0 Å². The number of nitrogens with one attached hydrogen (secondary N) is 1. The third-order valence-corrected chi connectivity index (χ3v) is 4.71. The lowest BCUT2D eigenvalue weighted by Crippen LogP contribution is -2.40. The molecule has 1 fully saturated rings. The Morgan fingerprint density at radius 3 is 2.65 bits per heavy atom. The standard InChI is InChI=1S/C16H29N3O/c1-4-14-13(16(5-2)19(3)18-14)10-17-15-9-7-6-8-12(15)11-20/h12,15,17,20H,4-11H2,1-3H3. The third-order valence-electron chi connectivity index (χ3n) is 4.71. The summed E-state index contributed by atoms with van der Waals surface area (Å²) in [6, 6.07) is 0.461. The summed E-state index contributed by atoms with van der Waals surface area (Å²) >= 11 is 0. The highest BCUT2D eigenvalue weighted by molar-refractivity contribution is 5.26. The van der Waals surface area contributed by atoms with Crippen molar-refractivity contribution >= 4 is 0 Å². The molecule has 2 atom stereocenters. The van der Waals surface area contributed by atoms with Gasteiger partial charge in [0.1, 0.15) is 0 Å². The quantitative estimate of drug-likeness (QED) is 0.839. The van der Waals surface area contributed by atoms with Gasteiger partial charge in [0.15, 0.2) is 0 Å². The molecule has 1 aliphatic rings. The molecule has 2 N–H and O–H groups in total. The Morgan fingerprint density at radius 1 is 1.25 bits per heavy atom. The molecule has 1 saturated carbocycles. The Bertz CT molecular complexity index is 428. The maximum Gasteiger partial charge on any atom is 0.0669 e. The van der Waals surface area contributed by atoms with Crippen LogP contribution in [0.25, 0.3) is 0 Å². The number of nitrogens with zero attached hydrogens (tertiary/aromatic N) is 2. The van der Waals surface area contributed by atoms with Crippen LogP contribution in [0.3, 0.4) is 0 Å². The topological polar surface area (TPSA) is 50.1 Å². The van der Waals surface area contributed by atoms with E-state index in [1.807, 2.05) is 11.7 Å². The lowest BCUT2D eigenvalue weighted by atomic mass is 9.85. The highest BCUT2D eigenvalue weighted by Gasteiger charge is 2.24. The van der Waals surface area contributed by atoms with E-state index in [0.29, 0.717) is 18.6 Å². The van der Waals surface area contributed by atoms with Crippen LogP contribution in [-0.2, 0) is 26.4 Å². The van der Waals surface area contributed by atoms with E-state index in [1.165, 1.54) is 36.2 Å². The molecule has 0 radical (unpaired) electrons. The monoisotopic (exact) mass is 279 g/mol. The van der Waals surface area contributed by atoms with Crippen molar-refractivity contribution < 1.29 is 5.11 Å². The van der Waals surface area contributed by atoms with Gasteiger partial charge in [-0.15, -0.1) is 0 Å². The maximum absolute atomic E-state index is 9.51. The second kappa shape index (κ2) is 7.23. The van der Waals surface area contributed by atoms with Crippen LogP contribution in [0, 0.1) is 5.92 Å². The number of rotatable bonds is 6. The number of aliphatic hydroxyl groups is 1. The molecule has 114 valence electrons. The summed E-state index contributed by atoms with van der Waals surface area (Å²) < 4.78 is 2.03. The van der Waals surface area contributed by atoms with Crippen molar-refractivity contribution in [1.82, 2.24) is 15.1 Å². The first-order valence-electron chi connectivity index (χ1n) is 8.09. The minimum atomic E-state index is 0.311. The van der Waals surface area contributed by atoms with Crippen molar-refractivity contribution in [3.8, 4) is 0 Å². The van der Waals surface area contributed by atoms with Crippen molar-refractivity contribution in [2.75, 3.05) is 6.61 Å². The van der Waals surface area contributed by atoms with Crippen LogP contribution < -0.4 is 5.32 Å². The van der Waals surface area contributed by atoms with Crippen molar-refractivity contribution in [2.45, 2.75) is 65.0 Å². The molecule has 0 aromatic carbocycles. The summed E-state index contributed by atoms with van der Waals surface area (Å²) in [5.74, 6) is 0.426. The summed E-state index contributed by atoms with van der Waals surface area (Å²) in [7, 11) is 2.04. The van der Waals surface area contributed by atoms with Crippen LogP contribution in [0.4, 0.5) is 0 Å². The van der Waals surface area contributed by atoms with Gasteiger partial charge in [0.25, 0.3) is 0 Å². The smallest absolute Gasteiger partial charge is 0.0669 e. The van der Waals surface area contributed by atoms with E-state index >= 15 is 0 Å². The van der Waals surface area contributed by atoms with Crippen molar-refractivity contribution in [3.63, 3.8) is 0 Å². The van der Waals surface area contributed by atoms with Crippen LogP contribution in [0.1, 0.15) is 56.5 Å². The zero-order chi connectivity index (χ0) is 14.5. The molecular formula is C16H29N3O. The zero-order valence-electron chi connectivity index (χ0n) is 13.2. The summed E-state index contributed by atoms with van der Waals surface area (Å²) in [5, 5.41) is 17.8. The SMILES string of the molecule is CCc1nn(C)c(CC)c1CNC1CCCCC1CO. The Balaban J connectivity index is 2.06. The molecule has 0 bridgehead atoms. The van der Waals surface area contributed by atoms with E-state index in [0.717, 1.165) is 25.8 Å². The molecule has 0 amide bonds. The fourth-order valence-corrected chi connectivity index (χ4v) is 3.52. The Kier molecular flexibility index (Phi) is 5.61. The number of aliphatic hydroxyl groups excluding tert-OH is 1. The molecule has 20 heavy (non-hydrogen) atoms. The molecule has 0 spiro atoms. The average molecular weight is 279 g/mol. The number of hydrogen-bond donors (Lipinski definition) is 2. The van der Waals surface area contributed by atoms with Gasteiger partial charge in [-0.1, -0.05) is 26.7 Å². The second-order valence-corrected chi connectivity index (χ2v) is 5.92. The van der Waals surface area contributed by atoms with Gasteiger partial charge in [0, 0.05) is 37.5 Å². The highest BCUT2D eigenvalue weighted by Crippen LogP contribution is 2.25. The van der Waals surface area contributed by atoms with Crippen LogP contribution in [0.15, 0.2) is 0 Å². The van der Waals surface area contributed by atoms with Crippen LogP contribution >= 0.6 is 0 Å². The van der Waals surface area contributed by atoms with Crippen LogP contribution in [0.2, 0.25) is 0 Å². The highest BCUT2D eigenvalue weighted by atomic mass is 16.3. The largest absolute Gasteiger partial charge is 0.396 e. The fraction of sp³-hybridized carbons (Fsp3) is 0.812. The summed E-state index contributed by atoms with van der Waals surface area (Å²) in [5.41, 5.74) is 3.93. The molecule has 1 heterocycles. The minimum Gasteiger partial charge on any atom is -0.396 e. The van der Waals surface area contributed by atoms with E-state index in [9.17, 15) is 5.11 Å². The lowest BCUT2D eigenvalue weighted by Gasteiger charge is -2.31. The number of aromatic nitrogens is 2. The molecule has 1 aromatic heterocycles. The van der Waals surface area contributed by atoms with E-state index in [2.05, 4.69) is 24.3 Å². The van der Waals surface area contributed by atoms with Gasteiger partial charge in [0.2, 0.25) is 0 Å². The molecule has 4 heteroatoms. The molecule has 2 rings (SSSR count). The molecular weight excluding hydrogens is 250 g/mol. The normalized spacial score (nSPS) is 23.2. The Labute approximate surface area is 122 Å². The average Bonchev–Trinajstić information content (AvgIpc) is 2.80. The minimum absolute atomic E-state index is 0.311. The molecule has 0 aliphatic heterocycles. The van der Waals surface area contributed by atoms with Gasteiger partial charge in [-0.05, 0) is 31.6 Å². The maximum atomic E-state index is 9.51. The van der Waals surface area contributed by atoms with Gasteiger partial charge >= 0.3 is 0 Å². The van der Waals surface area contributed by atoms with E-state index in [-0.39, 0.29) is 0 Å². The van der Waals surface area contributed by atoms with E-state index in [1.54, 1.807) is 0 Å².